The first kappa shape index (κ1) is 15.9. The Morgan fingerprint density at radius 3 is 3.08 bits per heavy atom. The van der Waals surface area contributed by atoms with Gasteiger partial charge in [-0.3, -0.25) is 9.89 Å². The van der Waals surface area contributed by atoms with Crippen LogP contribution < -0.4 is 10.6 Å². The van der Waals surface area contributed by atoms with Crippen LogP contribution in [0.25, 0.3) is 11.0 Å². The molecule has 1 amide bonds. The summed E-state index contributed by atoms with van der Waals surface area (Å²) < 4.78 is 5.69. The Hall–Kier alpha value is -2.60. The molecule has 0 spiro atoms. The van der Waals surface area contributed by atoms with E-state index in [1.54, 1.807) is 12.5 Å². The second-order valence-electron chi connectivity index (χ2n) is 6.76. The van der Waals surface area contributed by atoms with E-state index in [1.807, 2.05) is 13.0 Å². The zero-order chi connectivity index (χ0) is 17.4. The van der Waals surface area contributed by atoms with Gasteiger partial charge in [-0.25, -0.2) is 0 Å². The van der Waals surface area contributed by atoms with Gasteiger partial charge in [0.2, 0.25) is 5.91 Å². The van der Waals surface area contributed by atoms with Crippen LogP contribution in [0.15, 0.2) is 29.0 Å². The number of hydrogen-bond donors (Lipinski definition) is 3. The average molecular weight is 338 g/mol. The number of fused-ring (bicyclic) bond motifs is 1. The molecule has 3 aromatic rings. The van der Waals surface area contributed by atoms with Crippen LogP contribution in [-0.4, -0.2) is 29.2 Å². The number of rotatable bonds is 4. The molecule has 1 aliphatic heterocycles. The molecule has 6 nitrogen and oxygen atoms in total. The number of carbonyl (C=O) groups is 1. The number of aryl methyl sites for hydroxylation is 2. The number of nitrogens with zero attached hydrogens (tertiary/aromatic N) is 1. The third kappa shape index (κ3) is 2.93. The van der Waals surface area contributed by atoms with Crippen LogP contribution in [0, 0.1) is 13.8 Å². The van der Waals surface area contributed by atoms with Crippen molar-refractivity contribution in [1.82, 2.24) is 15.5 Å². The highest BCUT2D eigenvalue weighted by Gasteiger charge is 2.22. The SMILES string of the molecule is Cc1ccc2c(CC(=O)Nc3cn[nH]c3C3CCNC3)coc2c1C. The second-order valence-corrected chi connectivity index (χ2v) is 6.76. The first-order valence-electron chi connectivity index (χ1n) is 8.63. The van der Waals surface area contributed by atoms with Crippen LogP contribution in [0.5, 0.6) is 0 Å². The highest BCUT2D eigenvalue weighted by atomic mass is 16.3. The Kier molecular flexibility index (Phi) is 4.05. The molecule has 1 aromatic carbocycles. The number of benzene rings is 1. The van der Waals surface area contributed by atoms with E-state index in [4.69, 9.17) is 4.42 Å². The van der Waals surface area contributed by atoms with E-state index in [-0.39, 0.29) is 12.3 Å². The Bertz CT molecular complexity index is 919. The molecule has 1 saturated heterocycles. The van der Waals surface area contributed by atoms with E-state index in [0.717, 1.165) is 53.0 Å². The monoisotopic (exact) mass is 338 g/mol. The standard InChI is InChI=1S/C19H22N4O2/c1-11-3-4-15-14(10-25-19(15)12(11)2)7-17(24)22-16-9-21-23-18(16)13-5-6-20-8-13/h3-4,9-10,13,20H,5-8H2,1-2H3,(H,21,23)(H,22,24). The van der Waals surface area contributed by atoms with Crippen molar-refractivity contribution in [3.05, 3.63) is 47.0 Å². The molecule has 25 heavy (non-hydrogen) atoms. The van der Waals surface area contributed by atoms with Crippen molar-refractivity contribution in [2.45, 2.75) is 32.6 Å². The molecular weight excluding hydrogens is 316 g/mol. The molecule has 0 radical (unpaired) electrons. The van der Waals surface area contributed by atoms with Gasteiger partial charge in [-0.15, -0.1) is 0 Å². The minimum atomic E-state index is -0.0606. The molecule has 130 valence electrons. The zero-order valence-corrected chi connectivity index (χ0v) is 14.5. The summed E-state index contributed by atoms with van der Waals surface area (Å²) in [4.78, 5) is 12.5. The number of aromatic amines is 1. The number of furan rings is 1. The topological polar surface area (TPSA) is 83.0 Å². The number of anilines is 1. The number of H-pyrrole nitrogens is 1. The molecule has 6 heteroatoms. The summed E-state index contributed by atoms with van der Waals surface area (Å²) >= 11 is 0. The summed E-state index contributed by atoms with van der Waals surface area (Å²) in [6.07, 6.45) is 4.71. The van der Waals surface area contributed by atoms with Gasteiger partial charge in [0.1, 0.15) is 5.58 Å². The fourth-order valence-electron chi connectivity index (χ4n) is 3.50. The van der Waals surface area contributed by atoms with Crippen molar-refractivity contribution >= 4 is 22.6 Å². The van der Waals surface area contributed by atoms with Gasteiger partial charge < -0.3 is 15.1 Å². The first-order valence-corrected chi connectivity index (χ1v) is 8.63. The molecule has 1 atom stereocenters. The first-order chi connectivity index (χ1) is 12.1. The predicted octanol–water partition coefficient (Wildman–Crippen LogP) is 3.03. The highest BCUT2D eigenvalue weighted by Crippen LogP contribution is 2.29. The molecule has 1 aliphatic rings. The van der Waals surface area contributed by atoms with E-state index in [1.165, 1.54) is 5.56 Å². The van der Waals surface area contributed by atoms with Crippen molar-refractivity contribution in [2.75, 3.05) is 18.4 Å². The Balaban J connectivity index is 1.52. The summed E-state index contributed by atoms with van der Waals surface area (Å²) in [5, 5.41) is 14.5. The Morgan fingerprint density at radius 1 is 1.40 bits per heavy atom. The molecule has 3 N–H and O–H groups in total. The van der Waals surface area contributed by atoms with E-state index >= 15 is 0 Å². The summed E-state index contributed by atoms with van der Waals surface area (Å²) in [5.41, 5.74) is 5.86. The van der Waals surface area contributed by atoms with Gasteiger partial charge in [-0.2, -0.15) is 5.10 Å². The fraction of sp³-hybridized carbons (Fsp3) is 0.368. The lowest BCUT2D eigenvalue weighted by Gasteiger charge is -2.10. The lowest BCUT2D eigenvalue weighted by Crippen LogP contribution is -2.16. The average Bonchev–Trinajstić information content (AvgIpc) is 3.31. The molecule has 3 heterocycles. The molecule has 2 aromatic heterocycles. The van der Waals surface area contributed by atoms with Crippen LogP contribution in [-0.2, 0) is 11.2 Å². The van der Waals surface area contributed by atoms with Gasteiger partial charge in [0.05, 0.1) is 30.3 Å². The maximum Gasteiger partial charge on any atom is 0.229 e. The molecule has 4 rings (SSSR count). The van der Waals surface area contributed by atoms with Gasteiger partial charge in [0, 0.05) is 23.4 Å². The van der Waals surface area contributed by atoms with Crippen molar-refractivity contribution in [3.8, 4) is 0 Å². The number of hydrogen-bond acceptors (Lipinski definition) is 4. The number of carbonyl (C=O) groups excluding carboxylic acids is 1. The minimum Gasteiger partial charge on any atom is -0.464 e. The highest BCUT2D eigenvalue weighted by molar-refractivity contribution is 5.96. The minimum absolute atomic E-state index is 0.0606. The third-order valence-electron chi connectivity index (χ3n) is 5.10. The summed E-state index contributed by atoms with van der Waals surface area (Å²) in [5.74, 6) is 0.313. The van der Waals surface area contributed by atoms with E-state index in [2.05, 4.69) is 33.8 Å². The summed E-state index contributed by atoms with van der Waals surface area (Å²) in [7, 11) is 0. The van der Waals surface area contributed by atoms with Crippen LogP contribution in [0.2, 0.25) is 0 Å². The van der Waals surface area contributed by atoms with Gasteiger partial charge in [-0.05, 0) is 37.9 Å². The lowest BCUT2D eigenvalue weighted by atomic mass is 10.0. The number of nitrogens with one attached hydrogen (secondary N) is 3. The summed E-state index contributed by atoms with van der Waals surface area (Å²) in [6, 6.07) is 4.09. The van der Waals surface area contributed by atoms with Gasteiger partial charge in [0.25, 0.3) is 0 Å². The molecule has 1 fully saturated rings. The molecule has 0 saturated carbocycles. The Morgan fingerprint density at radius 2 is 2.28 bits per heavy atom. The fourth-order valence-corrected chi connectivity index (χ4v) is 3.50. The second kappa shape index (κ2) is 6.37. The normalized spacial score (nSPS) is 17.3. The maximum absolute atomic E-state index is 12.5. The van der Waals surface area contributed by atoms with E-state index in [0.29, 0.717) is 5.92 Å². The molecular formula is C19H22N4O2. The van der Waals surface area contributed by atoms with Crippen molar-refractivity contribution in [1.29, 1.82) is 0 Å². The lowest BCUT2D eigenvalue weighted by molar-refractivity contribution is -0.115. The van der Waals surface area contributed by atoms with Crippen LogP contribution in [0.3, 0.4) is 0 Å². The van der Waals surface area contributed by atoms with Crippen LogP contribution in [0.1, 0.15) is 34.7 Å². The maximum atomic E-state index is 12.5. The molecule has 1 unspecified atom stereocenters. The van der Waals surface area contributed by atoms with Crippen LogP contribution in [0.4, 0.5) is 5.69 Å². The largest absolute Gasteiger partial charge is 0.464 e. The Labute approximate surface area is 146 Å². The van der Waals surface area contributed by atoms with Gasteiger partial charge in [0.15, 0.2) is 0 Å². The van der Waals surface area contributed by atoms with E-state index < -0.39 is 0 Å². The molecule has 0 aliphatic carbocycles. The van der Waals surface area contributed by atoms with Gasteiger partial charge in [-0.1, -0.05) is 12.1 Å². The smallest absolute Gasteiger partial charge is 0.229 e. The van der Waals surface area contributed by atoms with E-state index in [9.17, 15) is 4.79 Å². The third-order valence-corrected chi connectivity index (χ3v) is 5.10. The summed E-state index contributed by atoms with van der Waals surface area (Å²) in [6.45, 7) is 6.01. The van der Waals surface area contributed by atoms with Crippen molar-refractivity contribution in [2.24, 2.45) is 0 Å². The quantitative estimate of drug-likeness (QED) is 0.683. The zero-order valence-electron chi connectivity index (χ0n) is 14.5. The number of amides is 1. The molecule has 0 bridgehead atoms. The van der Waals surface area contributed by atoms with Crippen molar-refractivity contribution in [3.63, 3.8) is 0 Å². The predicted molar refractivity (Wildman–Crippen MR) is 96.8 cm³/mol. The van der Waals surface area contributed by atoms with Crippen molar-refractivity contribution < 1.29 is 9.21 Å². The van der Waals surface area contributed by atoms with Crippen LogP contribution >= 0.6 is 0 Å². The van der Waals surface area contributed by atoms with Gasteiger partial charge >= 0.3 is 0 Å². The number of aromatic nitrogens is 2.